The maximum atomic E-state index is 12.0. The second-order valence-electron chi connectivity index (χ2n) is 7.67. The van der Waals surface area contributed by atoms with E-state index in [9.17, 15) is 14.7 Å². The molecule has 0 unspecified atom stereocenters. The molecule has 26 heavy (non-hydrogen) atoms. The first-order valence-electron chi connectivity index (χ1n) is 9.11. The third kappa shape index (κ3) is 5.38. The quantitative estimate of drug-likeness (QED) is 0.784. The maximum Gasteiger partial charge on any atom is 0.408 e. The van der Waals surface area contributed by atoms with Gasteiger partial charge in [-0.25, -0.2) is 9.59 Å². The summed E-state index contributed by atoms with van der Waals surface area (Å²) in [5.74, 6) is -0.150. The highest BCUT2D eigenvalue weighted by molar-refractivity contribution is 5.81. The standard InChI is InChI=1S/C20H29NO5/c1-20(2,3)26-19(24)21-16(18(23)25-4)11-9-13-10-12-17(22)15-8-6-5-7-14(13)15/h10,12,16,22H,5-9,11H2,1-4H3,(H,21,24)/t16-/m0/s1. The normalized spacial score (nSPS) is 14.9. The molecule has 1 aliphatic rings. The third-order valence-electron chi connectivity index (χ3n) is 4.49. The highest BCUT2D eigenvalue weighted by atomic mass is 16.6. The SMILES string of the molecule is COC(=O)[C@H](CCc1ccc(O)c2c1CCCC2)NC(=O)OC(C)(C)C. The molecular formula is C20H29NO5. The number of aryl methyl sites for hydroxylation is 1. The first kappa shape index (κ1) is 20.1. The Morgan fingerprint density at radius 1 is 1.19 bits per heavy atom. The van der Waals surface area contributed by atoms with Crippen LogP contribution in [0, 0.1) is 0 Å². The van der Waals surface area contributed by atoms with Crippen LogP contribution in [0.3, 0.4) is 0 Å². The molecule has 1 aromatic rings. The molecule has 0 spiro atoms. The van der Waals surface area contributed by atoms with Crippen molar-refractivity contribution in [3.05, 3.63) is 28.8 Å². The average Bonchev–Trinajstić information content (AvgIpc) is 2.58. The number of methoxy groups -OCH3 is 1. The number of phenols is 1. The summed E-state index contributed by atoms with van der Waals surface area (Å²) < 4.78 is 10.0. The van der Waals surface area contributed by atoms with Crippen molar-refractivity contribution in [2.45, 2.75) is 70.9 Å². The van der Waals surface area contributed by atoms with Gasteiger partial charge < -0.3 is 19.9 Å². The second-order valence-corrected chi connectivity index (χ2v) is 7.67. The van der Waals surface area contributed by atoms with Gasteiger partial charge in [-0.3, -0.25) is 0 Å². The van der Waals surface area contributed by atoms with Crippen molar-refractivity contribution in [1.82, 2.24) is 5.32 Å². The van der Waals surface area contributed by atoms with Crippen LogP contribution in [0.5, 0.6) is 5.75 Å². The van der Waals surface area contributed by atoms with Crippen LogP contribution in [0.1, 0.15) is 56.7 Å². The van der Waals surface area contributed by atoms with Crippen LogP contribution < -0.4 is 5.32 Å². The van der Waals surface area contributed by atoms with Crippen molar-refractivity contribution in [2.24, 2.45) is 0 Å². The number of benzene rings is 1. The molecule has 1 aliphatic carbocycles. The van der Waals surface area contributed by atoms with Gasteiger partial charge in [-0.2, -0.15) is 0 Å². The lowest BCUT2D eigenvalue weighted by Crippen LogP contribution is -2.44. The number of ether oxygens (including phenoxy) is 2. The van der Waals surface area contributed by atoms with Crippen LogP contribution in [0.25, 0.3) is 0 Å². The molecule has 1 atom stereocenters. The number of alkyl carbamates (subject to hydrolysis) is 1. The Bertz CT molecular complexity index is 663. The lowest BCUT2D eigenvalue weighted by molar-refractivity contribution is -0.143. The molecule has 2 N–H and O–H groups in total. The van der Waals surface area contributed by atoms with Gasteiger partial charge in [0.2, 0.25) is 0 Å². The molecule has 0 bridgehead atoms. The number of phenolic OH excluding ortho intramolecular Hbond substituents is 1. The van der Waals surface area contributed by atoms with E-state index in [1.807, 2.05) is 6.07 Å². The summed E-state index contributed by atoms with van der Waals surface area (Å²) in [4.78, 5) is 24.0. The molecule has 6 nitrogen and oxygen atoms in total. The Balaban J connectivity index is 2.08. The third-order valence-corrected chi connectivity index (χ3v) is 4.49. The zero-order valence-electron chi connectivity index (χ0n) is 16.1. The van der Waals surface area contributed by atoms with Gasteiger partial charge in [0.1, 0.15) is 17.4 Å². The number of esters is 1. The summed E-state index contributed by atoms with van der Waals surface area (Å²) in [6, 6.07) is 2.85. The largest absolute Gasteiger partial charge is 0.508 e. The number of aromatic hydroxyl groups is 1. The summed E-state index contributed by atoms with van der Waals surface area (Å²) in [6.45, 7) is 5.30. The van der Waals surface area contributed by atoms with Crippen molar-refractivity contribution in [3.8, 4) is 5.75 Å². The number of amides is 1. The van der Waals surface area contributed by atoms with E-state index in [4.69, 9.17) is 9.47 Å². The van der Waals surface area contributed by atoms with E-state index < -0.39 is 23.7 Å². The fraction of sp³-hybridized carbons (Fsp3) is 0.600. The Hall–Kier alpha value is -2.24. The molecule has 1 aromatic carbocycles. The summed E-state index contributed by atoms with van der Waals surface area (Å²) in [6.07, 6.45) is 4.37. The summed E-state index contributed by atoms with van der Waals surface area (Å²) in [5, 5.41) is 12.7. The van der Waals surface area contributed by atoms with Crippen LogP contribution >= 0.6 is 0 Å². The van der Waals surface area contributed by atoms with Crippen LogP contribution in [0.4, 0.5) is 4.79 Å². The molecule has 2 rings (SSSR count). The monoisotopic (exact) mass is 363 g/mol. The molecule has 0 aliphatic heterocycles. The van der Waals surface area contributed by atoms with Crippen molar-refractivity contribution in [2.75, 3.05) is 7.11 Å². The predicted molar refractivity (Wildman–Crippen MR) is 98.2 cm³/mol. The van der Waals surface area contributed by atoms with Crippen molar-refractivity contribution in [1.29, 1.82) is 0 Å². The van der Waals surface area contributed by atoms with Gasteiger partial charge in [0, 0.05) is 0 Å². The number of fused-ring (bicyclic) bond motifs is 1. The molecule has 0 fully saturated rings. The van der Waals surface area contributed by atoms with Gasteiger partial charge in [0.05, 0.1) is 7.11 Å². The number of hydrogen-bond acceptors (Lipinski definition) is 5. The lowest BCUT2D eigenvalue weighted by Gasteiger charge is -2.24. The molecule has 6 heteroatoms. The van der Waals surface area contributed by atoms with Crippen molar-refractivity contribution < 1.29 is 24.2 Å². The average molecular weight is 363 g/mol. The lowest BCUT2D eigenvalue weighted by atomic mass is 9.86. The van der Waals surface area contributed by atoms with Gasteiger partial charge in [-0.05, 0) is 82.1 Å². The number of rotatable bonds is 5. The highest BCUT2D eigenvalue weighted by Gasteiger charge is 2.26. The summed E-state index contributed by atoms with van der Waals surface area (Å²) in [5.41, 5.74) is 2.67. The molecule has 0 saturated heterocycles. The number of carbonyl (C=O) groups excluding carboxylic acids is 2. The molecule has 1 amide bonds. The second kappa shape index (κ2) is 8.43. The Labute approximate surface area is 154 Å². The molecule has 0 saturated carbocycles. The Kier molecular flexibility index (Phi) is 6.51. The predicted octanol–water partition coefficient (Wildman–Crippen LogP) is 3.27. The van der Waals surface area contributed by atoms with Gasteiger partial charge in [0.25, 0.3) is 0 Å². The van der Waals surface area contributed by atoms with E-state index in [1.165, 1.54) is 12.7 Å². The van der Waals surface area contributed by atoms with Crippen LogP contribution in [0.2, 0.25) is 0 Å². The van der Waals surface area contributed by atoms with E-state index in [0.717, 1.165) is 36.8 Å². The summed E-state index contributed by atoms with van der Waals surface area (Å²) in [7, 11) is 1.30. The zero-order valence-corrected chi connectivity index (χ0v) is 16.1. The number of nitrogens with one attached hydrogen (secondary N) is 1. The van der Waals surface area contributed by atoms with Crippen molar-refractivity contribution >= 4 is 12.1 Å². The van der Waals surface area contributed by atoms with Crippen molar-refractivity contribution in [3.63, 3.8) is 0 Å². The van der Waals surface area contributed by atoms with Crippen LogP contribution in [-0.4, -0.2) is 35.9 Å². The van der Waals surface area contributed by atoms with Gasteiger partial charge >= 0.3 is 12.1 Å². The molecule has 0 radical (unpaired) electrons. The molecule has 0 aromatic heterocycles. The number of hydrogen-bond donors (Lipinski definition) is 2. The van der Waals surface area contributed by atoms with E-state index in [1.54, 1.807) is 26.8 Å². The first-order chi connectivity index (χ1) is 12.2. The minimum absolute atomic E-state index is 0.347. The van der Waals surface area contributed by atoms with E-state index in [-0.39, 0.29) is 0 Å². The highest BCUT2D eigenvalue weighted by Crippen LogP contribution is 2.32. The van der Waals surface area contributed by atoms with E-state index in [2.05, 4.69) is 5.32 Å². The Morgan fingerprint density at radius 2 is 1.85 bits per heavy atom. The first-order valence-corrected chi connectivity index (χ1v) is 9.11. The van der Waals surface area contributed by atoms with Gasteiger partial charge in [-0.1, -0.05) is 6.07 Å². The number of carbonyl (C=O) groups is 2. The zero-order chi connectivity index (χ0) is 19.3. The van der Waals surface area contributed by atoms with Crippen LogP contribution in [-0.2, 0) is 33.5 Å². The fourth-order valence-electron chi connectivity index (χ4n) is 3.30. The maximum absolute atomic E-state index is 12.0. The molecule has 0 heterocycles. The minimum Gasteiger partial charge on any atom is -0.508 e. The molecular weight excluding hydrogens is 334 g/mol. The van der Waals surface area contributed by atoms with E-state index in [0.29, 0.717) is 18.6 Å². The fourth-order valence-corrected chi connectivity index (χ4v) is 3.30. The smallest absolute Gasteiger partial charge is 0.408 e. The van der Waals surface area contributed by atoms with Gasteiger partial charge in [0.15, 0.2) is 0 Å². The van der Waals surface area contributed by atoms with Gasteiger partial charge in [-0.15, -0.1) is 0 Å². The molecule has 144 valence electrons. The van der Waals surface area contributed by atoms with Crippen LogP contribution in [0.15, 0.2) is 12.1 Å². The Morgan fingerprint density at radius 3 is 2.46 bits per heavy atom. The topological polar surface area (TPSA) is 84.9 Å². The van der Waals surface area contributed by atoms with E-state index >= 15 is 0 Å². The summed E-state index contributed by atoms with van der Waals surface area (Å²) >= 11 is 0. The minimum atomic E-state index is -0.775.